The van der Waals surface area contributed by atoms with E-state index in [1.165, 1.54) is 11.3 Å². The van der Waals surface area contributed by atoms with Crippen LogP contribution in [0.15, 0.2) is 38.9 Å². The normalized spacial score (nSPS) is 10.5. The van der Waals surface area contributed by atoms with E-state index >= 15 is 0 Å². The number of nitrogens with one attached hydrogen (secondary N) is 1. The van der Waals surface area contributed by atoms with E-state index in [0.717, 1.165) is 10.8 Å². The lowest BCUT2D eigenvalue weighted by atomic mass is 10.1. The molecule has 19 heavy (non-hydrogen) atoms. The molecule has 0 saturated heterocycles. The molecule has 5 heteroatoms. The number of thiophene rings is 1. The van der Waals surface area contributed by atoms with Crippen molar-refractivity contribution in [1.29, 1.82) is 0 Å². The Morgan fingerprint density at radius 3 is 2.89 bits per heavy atom. The second-order valence-electron chi connectivity index (χ2n) is 3.84. The van der Waals surface area contributed by atoms with Crippen LogP contribution in [0.25, 0.3) is 21.7 Å². The maximum atomic E-state index is 12.0. The predicted octanol–water partition coefficient (Wildman–Crippen LogP) is 2.58. The average molecular weight is 269 g/mol. The Labute approximate surface area is 111 Å². The zero-order chi connectivity index (χ0) is 13.4. The van der Waals surface area contributed by atoms with Crippen LogP contribution in [0.5, 0.6) is 0 Å². The van der Waals surface area contributed by atoms with Gasteiger partial charge in [0.25, 0.3) is 0 Å². The first-order valence-corrected chi connectivity index (χ1v) is 6.29. The van der Waals surface area contributed by atoms with Gasteiger partial charge in [-0.05, 0) is 12.0 Å². The quantitative estimate of drug-likeness (QED) is 0.545. The molecule has 3 aromatic rings. The third kappa shape index (κ3) is 1.79. The van der Waals surface area contributed by atoms with Gasteiger partial charge in [0.1, 0.15) is 16.0 Å². The lowest BCUT2D eigenvalue weighted by molar-refractivity contribution is -0.111. The smallest absolute Gasteiger partial charge is 0.347 e. The maximum Gasteiger partial charge on any atom is 0.347 e. The number of rotatable bonds is 1. The lowest BCUT2D eigenvalue weighted by Crippen LogP contribution is -2.09. The molecule has 0 saturated carbocycles. The van der Waals surface area contributed by atoms with Crippen LogP contribution in [0.2, 0.25) is 0 Å². The summed E-state index contributed by atoms with van der Waals surface area (Å²) >= 11 is 1.25. The fourth-order valence-electron chi connectivity index (χ4n) is 1.92. The molecule has 1 N–H and O–H groups in total. The largest absolute Gasteiger partial charge is 0.422 e. The Morgan fingerprint density at radius 2 is 2.11 bits per heavy atom. The van der Waals surface area contributed by atoms with Crippen molar-refractivity contribution in [3.05, 3.63) is 40.1 Å². The van der Waals surface area contributed by atoms with Gasteiger partial charge in [-0.2, -0.15) is 0 Å². The summed E-state index contributed by atoms with van der Waals surface area (Å²) in [5.41, 5.74) is 0.0369. The number of fused-ring (bicyclic) bond motifs is 3. The van der Waals surface area contributed by atoms with Crippen molar-refractivity contribution >= 4 is 44.0 Å². The van der Waals surface area contributed by atoms with Gasteiger partial charge in [0, 0.05) is 16.2 Å². The van der Waals surface area contributed by atoms with E-state index in [-0.39, 0.29) is 0 Å². The summed E-state index contributed by atoms with van der Waals surface area (Å²) in [6.07, 6.45) is 5.00. The maximum absolute atomic E-state index is 12.0. The van der Waals surface area contributed by atoms with Gasteiger partial charge in [0.2, 0.25) is 0 Å². The molecule has 1 aromatic carbocycles. The number of carbonyl (C=O) groups excluding carboxylic acids is 1. The van der Waals surface area contributed by atoms with Crippen LogP contribution in [0, 0.1) is 12.3 Å². The van der Waals surface area contributed by atoms with Crippen LogP contribution in [0.3, 0.4) is 0 Å². The van der Waals surface area contributed by atoms with Gasteiger partial charge in [0.15, 0.2) is 0 Å². The molecule has 0 radical (unpaired) electrons. The molecule has 0 aliphatic rings. The lowest BCUT2D eigenvalue weighted by Gasteiger charge is -2.00. The Hall–Kier alpha value is -2.58. The molecule has 0 bridgehead atoms. The number of para-hydroxylation sites is 1. The van der Waals surface area contributed by atoms with E-state index < -0.39 is 11.5 Å². The molecule has 0 spiro atoms. The number of amides is 1. The Bertz CT molecular complexity index is 898. The highest BCUT2D eigenvalue weighted by Crippen LogP contribution is 2.33. The molecule has 4 nitrogen and oxygen atoms in total. The van der Waals surface area contributed by atoms with E-state index in [4.69, 9.17) is 10.8 Å². The first-order valence-electron chi connectivity index (χ1n) is 5.41. The predicted molar refractivity (Wildman–Crippen MR) is 75.3 cm³/mol. The Morgan fingerprint density at radius 1 is 1.32 bits per heavy atom. The summed E-state index contributed by atoms with van der Waals surface area (Å²) in [7, 11) is 0. The summed E-state index contributed by atoms with van der Waals surface area (Å²) in [6.45, 7) is 0. The van der Waals surface area contributed by atoms with Crippen molar-refractivity contribution in [1.82, 2.24) is 0 Å². The van der Waals surface area contributed by atoms with Crippen molar-refractivity contribution in [2.45, 2.75) is 0 Å². The van der Waals surface area contributed by atoms with Gasteiger partial charge in [0.05, 0.1) is 0 Å². The molecular weight excluding hydrogens is 262 g/mol. The number of hydrogen-bond donors (Lipinski definition) is 1. The van der Waals surface area contributed by atoms with Crippen molar-refractivity contribution in [3.8, 4) is 12.3 Å². The van der Waals surface area contributed by atoms with Gasteiger partial charge in [-0.25, -0.2) is 4.79 Å². The monoisotopic (exact) mass is 269 g/mol. The van der Waals surface area contributed by atoms with Crippen molar-refractivity contribution in [2.24, 2.45) is 0 Å². The zero-order valence-corrected chi connectivity index (χ0v) is 10.4. The molecule has 92 valence electrons. The highest BCUT2D eigenvalue weighted by molar-refractivity contribution is 7.16. The Kier molecular flexibility index (Phi) is 2.58. The molecule has 0 unspecified atom stereocenters. The molecule has 2 aromatic heterocycles. The van der Waals surface area contributed by atoms with Crippen molar-refractivity contribution < 1.29 is 9.21 Å². The summed E-state index contributed by atoms with van der Waals surface area (Å²) in [4.78, 5) is 23.2. The minimum absolute atomic E-state index is 0.354. The highest BCUT2D eigenvalue weighted by Gasteiger charge is 2.14. The summed E-state index contributed by atoms with van der Waals surface area (Å²) < 4.78 is 5.24. The molecule has 0 aliphatic carbocycles. The first kappa shape index (κ1) is 11.5. The first-order chi connectivity index (χ1) is 9.20. The standard InChI is InChI=1S/C14H7NO3S/c1-2-11(16)15-13-12-9(7-19-13)8-5-3-4-6-10(8)18-14(12)17/h1,3-7H,(H,15,16). The second-order valence-corrected chi connectivity index (χ2v) is 4.72. The summed E-state index contributed by atoms with van der Waals surface area (Å²) in [6, 6.07) is 7.25. The molecule has 2 heterocycles. The van der Waals surface area contributed by atoms with E-state index in [1.54, 1.807) is 17.5 Å². The van der Waals surface area contributed by atoms with Gasteiger partial charge in [-0.15, -0.1) is 17.8 Å². The fraction of sp³-hybridized carbons (Fsp3) is 0. The fourth-order valence-corrected chi connectivity index (χ4v) is 2.86. The minimum atomic E-state index is -0.587. The topological polar surface area (TPSA) is 59.3 Å². The zero-order valence-electron chi connectivity index (χ0n) is 9.60. The second kappa shape index (κ2) is 4.26. The third-order valence-corrected chi connectivity index (χ3v) is 3.63. The molecule has 0 fully saturated rings. The van der Waals surface area contributed by atoms with Crippen LogP contribution in [-0.2, 0) is 4.79 Å². The van der Waals surface area contributed by atoms with Gasteiger partial charge in [-0.3, -0.25) is 4.79 Å². The van der Waals surface area contributed by atoms with E-state index in [9.17, 15) is 9.59 Å². The van der Waals surface area contributed by atoms with Crippen molar-refractivity contribution in [2.75, 3.05) is 5.32 Å². The molecule has 0 atom stereocenters. The van der Waals surface area contributed by atoms with E-state index in [0.29, 0.717) is 16.0 Å². The molecule has 0 aliphatic heterocycles. The molecular formula is C14H7NO3S. The minimum Gasteiger partial charge on any atom is -0.422 e. The SMILES string of the molecule is C#CC(=O)Nc1scc2c1c(=O)oc1ccccc12. The van der Waals surface area contributed by atoms with Crippen LogP contribution >= 0.6 is 11.3 Å². The third-order valence-electron chi connectivity index (χ3n) is 2.73. The number of terminal acetylenes is 1. The number of benzene rings is 1. The summed E-state index contributed by atoms with van der Waals surface area (Å²) in [5, 5.41) is 6.66. The van der Waals surface area contributed by atoms with Gasteiger partial charge >= 0.3 is 11.5 Å². The van der Waals surface area contributed by atoms with Crippen molar-refractivity contribution in [3.63, 3.8) is 0 Å². The van der Waals surface area contributed by atoms with Crippen LogP contribution in [-0.4, -0.2) is 5.91 Å². The van der Waals surface area contributed by atoms with Crippen LogP contribution in [0.4, 0.5) is 5.00 Å². The van der Waals surface area contributed by atoms with Crippen LogP contribution < -0.4 is 10.9 Å². The Balaban J connectivity index is 2.35. The van der Waals surface area contributed by atoms with Crippen LogP contribution in [0.1, 0.15) is 0 Å². The summed E-state index contributed by atoms with van der Waals surface area (Å²) in [5.74, 6) is 1.36. The van der Waals surface area contributed by atoms with Gasteiger partial charge < -0.3 is 9.73 Å². The molecule has 3 rings (SSSR count). The average Bonchev–Trinajstić information content (AvgIpc) is 2.83. The number of hydrogen-bond acceptors (Lipinski definition) is 4. The number of anilines is 1. The molecule has 1 amide bonds. The van der Waals surface area contributed by atoms with E-state index in [2.05, 4.69) is 5.32 Å². The number of carbonyl (C=O) groups is 1. The highest BCUT2D eigenvalue weighted by atomic mass is 32.1. The van der Waals surface area contributed by atoms with E-state index in [1.807, 2.05) is 18.1 Å². The van der Waals surface area contributed by atoms with Gasteiger partial charge in [-0.1, -0.05) is 18.2 Å².